The van der Waals surface area contributed by atoms with Gasteiger partial charge in [-0.3, -0.25) is 9.59 Å². The summed E-state index contributed by atoms with van der Waals surface area (Å²) in [7, 11) is -2.08. The first-order chi connectivity index (χ1) is 17.9. The highest BCUT2D eigenvalue weighted by molar-refractivity contribution is 7.92. The number of nitrogens with one attached hydrogen (secondary N) is 1. The number of nitrogens with zero attached hydrogens (tertiary/aromatic N) is 2. The Morgan fingerprint density at radius 1 is 1.34 bits per heavy atom. The number of amides is 2. The van der Waals surface area contributed by atoms with Crippen LogP contribution in [0.1, 0.15) is 50.1 Å². The predicted molar refractivity (Wildman–Crippen MR) is 147 cm³/mol. The normalized spacial score (nSPS) is 27.4. The Morgan fingerprint density at radius 2 is 2.03 bits per heavy atom. The number of terminal acetylenes is 1. The second-order valence-electron chi connectivity index (χ2n) is 11.0. The van der Waals surface area contributed by atoms with Crippen LogP contribution in [0.25, 0.3) is 0 Å². The number of hydrogen-bond acceptors (Lipinski definition) is 7. The van der Waals surface area contributed by atoms with Gasteiger partial charge in [0.05, 0.1) is 23.2 Å². The molecule has 2 aromatic rings. The Balaban J connectivity index is 1.50. The van der Waals surface area contributed by atoms with Crippen molar-refractivity contribution in [2.45, 2.75) is 57.0 Å². The van der Waals surface area contributed by atoms with Crippen molar-refractivity contribution >= 4 is 38.1 Å². The van der Waals surface area contributed by atoms with Crippen LogP contribution in [0.2, 0.25) is 0 Å². The molecule has 38 heavy (non-hydrogen) atoms. The molecule has 204 valence electrons. The van der Waals surface area contributed by atoms with Gasteiger partial charge in [-0.2, -0.15) is 0 Å². The molecule has 1 saturated carbocycles. The molecule has 4 rings (SSSR count). The lowest BCUT2D eigenvalue weighted by Gasteiger charge is -2.53. The van der Waals surface area contributed by atoms with E-state index >= 15 is 0 Å². The summed E-state index contributed by atoms with van der Waals surface area (Å²) in [6, 6.07) is 7.89. The molecular formula is C28H35N3O5S2. The number of aromatic nitrogens is 1. The molecule has 0 radical (unpaired) electrons. The molecule has 0 unspecified atom stereocenters. The van der Waals surface area contributed by atoms with Gasteiger partial charge in [0, 0.05) is 23.8 Å². The highest BCUT2D eigenvalue weighted by atomic mass is 32.2. The SMILES string of the molecule is C#CCN(C)C(=O)[C@@H](C)[C@H]1CC[C@]2(C)Cc3sc(NC(=O)CS(=O)(=O)c4ccccc4)nc3[C@@H](C)[C@@H]2[C@H]1O. The summed E-state index contributed by atoms with van der Waals surface area (Å²) in [5, 5.41) is 14.6. The third-order valence-corrected chi connectivity index (χ3v) is 10.9. The minimum Gasteiger partial charge on any atom is -0.392 e. The van der Waals surface area contributed by atoms with Gasteiger partial charge in [-0.15, -0.1) is 17.8 Å². The molecule has 1 aromatic heterocycles. The predicted octanol–water partition coefficient (Wildman–Crippen LogP) is 3.34. The molecule has 2 N–H and O–H groups in total. The fourth-order valence-electron chi connectivity index (χ4n) is 6.38. The summed E-state index contributed by atoms with van der Waals surface area (Å²) in [5.74, 6) is 0.369. The number of aliphatic hydroxyl groups is 1. The first-order valence-corrected chi connectivity index (χ1v) is 15.3. The van der Waals surface area contributed by atoms with Crippen molar-refractivity contribution in [2.24, 2.45) is 23.2 Å². The minimum atomic E-state index is -3.77. The summed E-state index contributed by atoms with van der Waals surface area (Å²) in [4.78, 5) is 32.9. The molecule has 6 atom stereocenters. The highest BCUT2D eigenvalue weighted by Crippen LogP contribution is 2.57. The van der Waals surface area contributed by atoms with Crippen LogP contribution in [0.3, 0.4) is 0 Å². The molecule has 10 heteroatoms. The lowest BCUT2D eigenvalue weighted by molar-refractivity contribution is -0.142. The summed E-state index contributed by atoms with van der Waals surface area (Å²) in [6.45, 7) is 6.31. The van der Waals surface area contributed by atoms with Crippen LogP contribution in [0.15, 0.2) is 35.2 Å². The highest BCUT2D eigenvalue weighted by Gasteiger charge is 2.54. The second-order valence-corrected chi connectivity index (χ2v) is 14.0. The molecule has 0 aliphatic heterocycles. The summed E-state index contributed by atoms with van der Waals surface area (Å²) in [6.07, 6.45) is 6.98. The maximum atomic E-state index is 12.9. The lowest BCUT2D eigenvalue weighted by atomic mass is 9.53. The maximum Gasteiger partial charge on any atom is 0.241 e. The summed E-state index contributed by atoms with van der Waals surface area (Å²) >= 11 is 1.37. The zero-order chi connectivity index (χ0) is 27.8. The first kappa shape index (κ1) is 28.3. The molecule has 2 aliphatic rings. The van der Waals surface area contributed by atoms with E-state index in [0.717, 1.165) is 23.4 Å². The van der Waals surface area contributed by atoms with E-state index in [-0.39, 0.29) is 46.4 Å². The number of rotatable bonds is 7. The van der Waals surface area contributed by atoms with Crippen molar-refractivity contribution in [3.05, 3.63) is 40.9 Å². The fourth-order valence-corrected chi connectivity index (χ4v) is 8.82. The van der Waals surface area contributed by atoms with Gasteiger partial charge < -0.3 is 15.3 Å². The van der Waals surface area contributed by atoms with E-state index < -0.39 is 27.6 Å². The van der Waals surface area contributed by atoms with E-state index in [9.17, 15) is 23.1 Å². The Bertz CT molecular complexity index is 1350. The number of sulfone groups is 1. The van der Waals surface area contributed by atoms with Gasteiger partial charge in [0.1, 0.15) is 5.75 Å². The first-order valence-electron chi connectivity index (χ1n) is 12.8. The zero-order valence-electron chi connectivity index (χ0n) is 22.2. The van der Waals surface area contributed by atoms with Crippen molar-refractivity contribution < 1.29 is 23.1 Å². The molecule has 0 saturated heterocycles. The third kappa shape index (κ3) is 5.37. The van der Waals surface area contributed by atoms with E-state index in [2.05, 4.69) is 23.1 Å². The number of aliphatic hydroxyl groups excluding tert-OH is 1. The van der Waals surface area contributed by atoms with E-state index in [1.165, 1.54) is 28.4 Å². The Labute approximate surface area is 228 Å². The molecule has 0 spiro atoms. The van der Waals surface area contributed by atoms with Gasteiger partial charge in [-0.05, 0) is 48.6 Å². The van der Waals surface area contributed by atoms with E-state index in [0.29, 0.717) is 11.6 Å². The van der Waals surface area contributed by atoms with Crippen LogP contribution in [0.5, 0.6) is 0 Å². The standard InChI is InChI=1S/C28H35N3O5S2/c1-6-14-31(5)26(34)17(2)20-12-13-28(4)15-21-24(18(3)23(28)25(20)33)30-27(37-21)29-22(32)16-38(35,36)19-10-8-7-9-11-19/h1,7-11,17-18,20,23,25,33H,12-16H2,2-5H3,(H,29,30,32)/t17-,18-,20+,23+,25-,28+/m0/s1. The van der Waals surface area contributed by atoms with Crippen LogP contribution in [-0.2, 0) is 25.8 Å². The van der Waals surface area contributed by atoms with Gasteiger partial charge in [0.25, 0.3) is 0 Å². The monoisotopic (exact) mass is 557 g/mol. The Morgan fingerprint density at radius 3 is 2.68 bits per heavy atom. The van der Waals surface area contributed by atoms with Crippen LogP contribution in [-0.4, -0.2) is 60.7 Å². The average molecular weight is 558 g/mol. The van der Waals surface area contributed by atoms with Crippen molar-refractivity contribution in [1.82, 2.24) is 9.88 Å². The van der Waals surface area contributed by atoms with Crippen molar-refractivity contribution in [1.29, 1.82) is 0 Å². The van der Waals surface area contributed by atoms with Gasteiger partial charge in [-0.25, -0.2) is 13.4 Å². The molecule has 1 aromatic carbocycles. The van der Waals surface area contributed by atoms with Gasteiger partial charge in [0.2, 0.25) is 11.8 Å². The van der Waals surface area contributed by atoms with Gasteiger partial charge in [-0.1, -0.05) is 44.9 Å². The number of carbonyl (C=O) groups excluding carboxylic acids is 2. The van der Waals surface area contributed by atoms with Crippen LogP contribution < -0.4 is 5.32 Å². The Hall–Kier alpha value is -2.74. The number of carbonyl (C=O) groups is 2. The molecule has 1 fully saturated rings. The lowest BCUT2D eigenvalue weighted by Crippen LogP contribution is -2.53. The zero-order valence-corrected chi connectivity index (χ0v) is 23.8. The largest absolute Gasteiger partial charge is 0.392 e. The third-order valence-electron chi connectivity index (χ3n) is 8.33. The van der Waals surface area contributed by atoms with Crippen LogP contribution in [0, 0.1) is 35.5 Å². The smallest absolute Gasteiger partial charge is 0.241 e. The molecular weight excluding hydrogens is 522 g/mol. The molecule has 2 amide bonds. The molecule has 8 nitrogen and oxygen atoms in total. The number of anilines is 1. The number of benzene rings is 1. The van der Waals surface area contributed by atoms with Crippen LogP contribution >= 0.6 is 11.3 Å². The topological polar surface area (TPSA) is 117 Å². The molecule has 1 heterocycles. The number of fused-ring (bicyclic) bond motifs is 2. The van der Waals surface area contributed by atoms with Gasteiger partial charge in [0.15, 0.2) is 15.0 Å². The molecule has 2 aliphatic carbocycles. The van der Waals surface area contributed by atoms with Crippen molar-refractivity contribution in [3.8, 4) is 12.3 Å². The summed E-state index contributed by atoms with van der Waals surface area (Å²) < 4.78 is 25.2. The van der Waals surface area contributed by atoms with E-state index in [4.69, 9.17) is 6.42 Å². The second kappa shape index (κ2) is 10.8. The Kier molecular flexibility index (Phi) is 8.03. The summed E-state index contributed by atoms with van der Waals surface area (Å²) in [5.41, 5.74) is 0.641. The van der Waals surface area contributed by atoms with Gasteiger partial charge >= 0.3 is 0 Å². The maximum absolute atomic E-state index is 12.9. The molecule has 0 bridgehead atoms. The minimum absolute atomic E-state index is 0.0659. The van der Waals surface area contributed by atoms with Crippen LogP contribution in [0.4, 0.5) is 5.13 Å². The average Bonchev–Trinajstić information content (AvgIpc) is 3.25. The number of hydrogen-bond donors (Lipinski definition) is 2. The van der Waals surface area contributed by atoms with E-state index in [1.54, 1.807) is 25.2 Å². The van der Waals surface area contributed by atoms with Crippen molar-refractivity contribution in [2.75, 3.05) is 24.7 Å². The fraction of sp³-hybridized carbons (Fsp3) is 0.536. The number of thiazole rings is 1. The quantitative estimate of drug-likeness (QED) is 0.505. The van der Waals surface area contributed by atoms with Crippen molar-refractivity contribution in [3.63, 3.8) is 0 Å². The van der Waals surface area contributed by atoms with E-state index in [1.807, 2.05) is 13.8 Å².